The van der Waals surface area contributed by atoms with Crippen LogP contribution >= 0.6 is 0 Å². The highest BCUT2D eigenvalue weighted by Gasteiger charge is 2.44. The van der Waals surface area contributed by atoms with Crippen LogP contribution < -0.4 is 5.32 Å². The number of nitrogens with zero attached hydrogens (tertiary/aromatic N) is 1. The van der Waals surface area contributed by atoms with E-state index in [1.165, 1.54) is 32.6 Å². The number of rotatable bonds is 3. The summed E-state index contributed by atoms with van der Waals surface area (Å²) in [6.07, 6.45) is 1.37. The van der Waals surface area contributed by atoms with E-state index < -0.39 is 0 Å². The van der Waals surface area contributed by atoms with Crippen LogP contribution in [-0.2, 0) is 4.74 Å². The highest BCUT2D eigenvalue weighted by molar-refractivity contribution is 4.99. The summed E-state index contributed by atoms with van der Waals surface area (Å²) in [4.78, 5) is 2.48. The van der Waals surface area contributed by atoms with E-state index in [9.17, 15) is 0 Å². The molecule has 0 aromatic rings. The maximum absolute atomic E-state index is 5.04. The lowest BCUT2D eigenvalue weighted by Crippen LogP contribution is -2.57. The molecule has 70 valence electrons. The third-order valence-corrected chi connectivity index (χ3v) is 3.06. The molecule has 2 heterocycles. The molecular weight excluding hydrogens is 152 g/mol. The molecule has 3 heteroatoms. The first-order valence-corrected chi connectivity index (χ1v) is 4.77. The molecule has 3 nitrogen and oxygen atoms in total. The van der Waals surface area contributed by atoms with Crippen molar-refractivity contribution in [3.63, 3.8) is 0 Å². The van der Waals surface area contributed by atoms with Gasteiger partial charge in [0.05, 0.1) is 6.61 Å². The van der Waals surface area contributed by atoms with E-state index in [4.69, 9.17) is 4.74 Å². The van der Waals surface area contributed by atoms with Crippen molar-refractivity contribution in [3.05, 3.63) is 0 Å². The molecule has 0 aromatic heterocycles. The van der Waals surface area contributed by atoms with Crippen molar-refractivity contribution in [3.8, 4) is 0 Å². The van der Waals surface area contributed by atoms with Gasteiger partial charge in [-0.2, -0.15) is 0 Å². The largest absolute Gasteiger partial charge is 0.383 e. The second-order valence-electron chi connectivity index (χ2n) is 4.13. The number of likely N-dealkylation sites (tertiary alicyclic amines) is 1. The van der Waals surface area contributed by atoms with E-state index >= 15 is 0 Å². The first-order chi connectivity index (χ1) is 5.85. The zero-order valence-electron chi connectivity index (χ0n) is 7.81. The Bertz CT molecular complexity index is 147. The fraction of sp³-hybridized carbons (Fsp3) is 1.00. The molecule has 2 aliphatic rings. The average molecular weight is 170 g/mol. The molecule has 0 amide bonds. The summed E-state index contributed by atoms with van der Waals surface area (Å²) in [6.45, 7) is 7.00. The molecule has 0 unspecified atom stereocenters. The van der Waals surface area contributed by atoms with Crippen LogP contribution in [-0.4, -0.2) is 51.3 Å². The smallest absolute Gasteiger partial charge is 0.0589 e. The molecule has 1 N–H and O–H groups in total. The molecule has 1 spiro atoms. The predicted molar refractivity (Wildman–Crippen MR) is 48.2 cm³/mol. The Balaban J connectivity index is 1.68. The van der Waals surface area contributed by atoms with Crippen LogP contribution in [0.15, 0.2) is 0 Å². The maximum atomic E-state index is 5.04. The van der Waals surface area contributed by atoms with Crippen LogP contribution in [0.5, 0.6) is 0 Å². The van der Waals surface area contributed by atoms with Gasteiger partial charge in [0.2, 0.25) is 0 Å². The fourth-order valence-corrected chi connectivity index (χ4v) is 2.35. The molecule has 0 saturated carbocycles. The molecule has 0 atom stereocenters. The Kier molecular flexibility index (Phi) is 2.35. The topological polar surface area (TPSA) is 24.5 Å². The van der Waals surface area contributed by atoms with Crippen LogP contribution in [0.25, 0.3) is 0 Å². The lowest BCUT2D eigenvalue weighted by molar-refractivity contribution is 0.000301. The highest BCUT2D eigenvalue weighted by Crippen LogP contribution is 2.35. The van der Waals surface area contributed by atoms with Gasteiger partial charge in [-0.25, -0.2) is 0 Å². The summed E-state index contributed by atoms with van der Waals surface area (Å²) in [5.41, 5.74) is 0.647. The van der Waals surface area contributed by atoms with Gasteiger partial charge in [0, 0.05) is 38.7 Å². The summed E-state index contributed by atoms with van der Waals surface area (Å²) < 4.78 is 5.04. The van der Waals surface area contributed by atoms with E-state index in [0.29, 0.717) is 5.41 Å². The van der Waals surface area contributed by atoms with Gasteiger partial charge in [0.15, 0.2) is 0 Å². The first kappa shape index (κ1) is 8.48. The van der Waals surface area contributed by atoms with Crippen LogP contribution in [0.4, 0.5) is 0 Å². The Morgan fingerprint density at radius 3 is 2.92 bits per heavy atom. The Morgan fingerprint density at radius 2 is 2.33 bits per heavy atom. The lowest BCUT2D eigenvalue weighted by Gasteiger charge is -2.47. The standard InChI is InChI=1S/C9H18N2O/c1-12-5-4-11-7-9(8-11)2-3-10-6-9/h10H,2-8H2,1H3. The van der Waals surface area contributed by atoms with Crippen LogP contribution in [0.3, 0.4) is 0 Å². The molecular formula is C9H18N2O. The zero-order valence-corrected chi connectivity index (χ0v) is 7.81. The van der Waals surface area contributed by atoms with E-state index in [-0.39, 0.29) is 0 Å². The van der Waals surface area contributed by atoms with Crippen molar-refractivity contribution in [1.82, 2.24) is 10.2 Å². The summed E-state index contributed by atoms with van der Waals surface area (Å²) in [5.74, 6) is 0. The van der Waals surface area contributed by atoms with E-state index in [0.717, 1.165) is 13.2 Å². The average Bonchev–Trinajstić information content (AvgIpc) is 2.46. The number of hydrogen-bond acceptors (Lipinski definition) is 3. The molecule has 12 heavy (non-hydrogen) atoms. The molecule has 0 aromatic carbocycles. The molecule has 0 radical (unpaired) electrons. The van der Waals surface area contributed by atoms with Gasteiger partial charge in [0.1, 0.15) is 0 Å². The predicted octanol–water partition coefficient (Wildman–Crippen LogP) is -0.0719. The highest BCUT2D eigenvalue weighted by atomic mass is 16.5. The van der Waals surface area contributed by atoms with Gasteiger partial charge in [0.25, 0.3) is 0 Å². The SMILES string of the molecule is COCCN1CC2(CCNC2)C1. The molecule has 2 saturated heterocycles. The molecule has 0 aliphatic carbocycles. The van der Waals surface area contributed by atoms with E-state index in [1.54, 1.807) is 7.11 Å². The maximum Gasteiger partial charge on any atom is 0.0589 e. The van der Waals surface area contributed by atoms with Gasteiger partial charge in [-0.3, -0.25) is 4.90 Å². The molecule has 0 bridgehead atoms. The number of methoxy groups -OCH3 is 1. The minimum absolute atomic E-state index is 0.647. The number of hydrogen-bond donors (Lipinski definition) is 1. The van der Waals surface area contributed by atoms with Crippen molar-refractivity contribution >= 4 is 0 Å². The van der Waals surface area contributed by atoms with Gasteiger partial charge in [-0.05, 0) is 13.0 Å². The van der Waals surface area contributed by atoms with Gasteiger partial charge in [-0.15, -0.1) is 0 Å². The molecule has 2 aliphatic heterocycles. The summed E-state index contributed by atoms with van der Waals surface area (Å²) >= 11 is 0. The van der Waals surface area contributed by atoms with Gasteiger partial charge in [-0.1, -0.05) is 0 Å². The van der Waals surface area contributed by atoms with Crippen LogP contribution in [0.2, 0.25) is 0 Å². The molecule has 2 rings (SSSR count). The zero-order chi connectivity index (χ0) is 8.44. The van der Waals surface area contributed by atoms with Crippen LogP contribution in [0, 0.1) is 5.41 Å². The minimum atomic E-state index is 0.647. The fourth-order valence-electron chi connectivity index (χ4n) is 2.35. The van der Waals surface area contributed by atoms with Crippen molar-refractivity contribution < 1.29 is 4.74 Å². The summed E-state index contributed by atoms with van der Waals surface area (Å²) in [6, 6.07) is 0. The van der Waals surface area contributed by atoms with Crippen molar-refractivity contribution in [2.45, 2.75) is 6.42 Å². The normalized spacial score (nSPS) is 27.8. The lowest BCUT2D eigenvalue weighted by atomic mass is 9.79. The second-order valence-corrected chi connectivity index (χ2v) is 4.13. The van der Waals surface area contributed by atoms with Crippen molar-refractivity contribution in [2.24, 2.45) is 5.41 Å². The summed E-state index contributed by atoms with van der Waals surface area (Å²) in [5, 5.41) is 3.43. The Hall–Kier alpha value is -0.120. The monoisotopic (exact) mass is 170 g/mol. The molecule has 2 fully saturated rings. The van der Waals surface area contributed by atoms with Crippen LogP contribution in [0.1, 0.15) is 6.42 Å². The van der Waals surface area contributed by atoms with E-state index in [1.807, 2.05) is 0 Å². The summed E-state index contributed by atoms with van der Waals surface area (Å²) in [7, 11) is 1.77. The Morgan fingerprint density at radius 1 is 1.50 bits per heavy atom. The second kappa shape index (κ2) is 3.32. The number of nitrogens with one attached hydrogen (secondary N) is 1. The first-order valence-electron chi connectivity index (χ1n) is 4.77. The van der Waals surface area contributed by atoms with Crippen molar-refractivity contribution in [1.29, 1.82) is 0 Å². The quantitative estimate of drug-likeness (QED) is 0.641. The van der Waals surface area contributed by atoms with Gasteiger partial charge < -0.3 is 10.1 Å². The third kappa shape index (κ3) is 1.49. The Labute approximate surface area is 74.1 Å². The number of ether oxygens (including phenoxy) is 1. The van der Waals surface area contributed by atoms with Gasteiger partial charge >= 0.3 is 0 Å². The minimum Gasteiger partial charge on any atom is -0.383 e. The third-order valence-electron chi connectivity index (χ3n) is 3.06. The van der Waals surface area contributed by atoms with E-state index in [2.05, 4.69) is 10.2 Å². The van der Waals surface area contributed by atoms with Crippen molar-refractivity contribution in [2.75, 3.05) is 46.4 Å².